The van der Waals surface area contributed by atoms with Gasteiger partial charge in [0.25, 0.3) is 0 Å². The van der Waals surface area contributed by atoms with E-state index in [9.17, 15) is 4.39 Å². The molecule has 100 valence electrons. The Morgan fingerprint density at radius 3 is 2.72 bits per heavy atom. The average Bonchev–Trinajstić information content (AvgIpc) is 2.24. The van der Waals surface area contributed by atoms with E-state index in [0.717, 1.165) is 6.42 Å². The molecule has 0 radical (unpaired) electrons. The standard InChI is InChI=1S/C15H21ClFN/c1-10-9-15(2,3)7-6-13(10)18-14-5-4-11(16)8-12(14)17/h4-5,8,10,13,18H,6-7,9H2,1-3H3. The van der Waals surface area contributed by atoms with Gasteiger partial charge in [0, 0.05) is 11.1 Å². The van der Waals surface area contributed by atoms with Gasteiger partial charge in [0.05, 0.1) is 5.69 Å². The lowest BCUT2D eigenvalue weighted by molar-refractivity contribution is 0.177. The van der Waals surface area contributed by atoms with Crippen molar-refractivity contribution in [3.63, 3.8) is 0 Å². The molecule has 0 spiro atoms. The minimum atomic E-state index is -0.264. The van der Waals surface area contributed by atoms with Gasteiger partial charge in [-0.05, 0) is 48.8 Å². The zero-order valence-electron chi connectivity index (χ0n) is 11.3. The minimum absolute atomic E-state index is 0.264. The van der Waals surface area contributed by atoms with E-state index in [1.165, 1.54) is 18.9 Å². The van der Waals surface area contributed by atoms with Crippen LogP contribution in [0.2, 0.25) is 5.02 Å². The van der Waals surface area contributed by atoms with E-state index >= 15 is 0 Å². The summed E-state index contributed by atoms with van der Waals surface area (Å²) >= 11 is 5.76. The van der Waals surface area contributed by atoms with Gasteiger partial charge in [-0.2, -0.15) is 0 Å². The van der Waals surface area contributed by atoms with Crippen LogP contribution in [-0.4, -0.2) is 6.04 Å². The number of nitrogens with one attached hydrogen (secondary N) is 1. The third-order valence-corrected chi connectivity index (χ3v) is 4.20. The molecule has 1 nitrogen and oxygen atoms in total. The summed E-state index contributed by atoms with van der Waals surface area (Å²) in [7, 11) is 0. The fourth-order valence-electron chi connectivity index (χ4n) is 2.97. The maximum Gasteiger partial charge on any atom is 0.147 e. The van der Waals surface area contributed by atoms with Crippen LogP contribution in [0.5, 0.6) is 0 Å². The summed E-state index contributed by atoms with van der Waals surface area (Å²) in [5.74, 6) is 0.295. The van der Waals surface area contributed by atoms with Crippen LogP contribution in [0, 0.1) is 17.2 Å². The first-order chi connectivity index (χ1) is 8.37. The molecule has 1 aromatic carbocycles. The molecule has 2 atom stereocenters. The van der Waals surface area contributed by atoms with Gasteiger partial charge in [-0.3, -0.25) is 0 Å². The smallest absolute Gasteiger partial charge is 0.147 e. The van der Waals surface area contributed by atoms with Gasteiger partial charge in [0.1, 0.15) is 5.82 Å². The number of halogens is 2. The lowest BCUT2D eigenvalue weighted by atomic mass is 9.70. The highest BCUT2D eigenvalue weighted by atomic mass is 35.5. The number of rotatable bonds is 2. The van der Waals surface area contributed by atoms with Crippen LogP contribution in [0.25, 0.3) is 0 Å². The Morgan fingerprint density at radius 2 is 2.11 bits per heavy atom. The van der Waals surface area contributed by atoms with Crippen molar-refractivity contribution < 1.29 is 4.39 Å². The summed E-state index contributed by atoms with van der Waals surface area (Å²) in [6, 6.07) is 5.17. The van der Waals surface area contributed by atoms with E-state index in [0.29, 0.717) is 28.1 Å². The summed E-state index contributed by atoms with van der Waals surface area (Å²) in [5.41, 5.74) is 0.979. The maximum absolute atomic E-state index is 13.7. The van der Waals surface area contributed by atoms with Crippen LogP contribution in [-0.2, 0) is 0 Å². The molecule has 1 aliphatic carbocycles. The van der Waals surface area contributed by atoms with Gasteiger partial charge in [0.2, 0.25) is 0 Å². The second-order valence-electron chi connectivity index (χ2n) is 6.26. The number of hydrogen-bond acceptors (Lipinski definition) is 1. The molecule has 0 amide bonds. The first-order valence-corrected chi connectivity index (χ1v) is 6.97. The largest absolute Gasteiger partial charge is 0.380 e. The lowest BCUT2D eigenvalue weighted by Crippen LogP contribution is -2.37. The molecule has 0 aromatic heterocycles. The molecule has 1 aromatic rings. The van der Waals surface area contributed by atoms with E-state index < -0.39 is 0 Å². The third kappa shape index (κ3) is 3.17. The molecule has 18 heavy (non-hydrogen) atoms. The predicted octanol–water partition coefficient (Wildman–Crippen LogP) is 5.11. The van der Waals surface area contributed by atoms with Crippen LogP contribution in [0.3, 0.4) is 0 Å². The van der Waals surface area contributed by atoms with Crippen LogP contribution in [0.1, 0.15) is 40.0 Å². The molecule has 0 bridgehead atoms. The highest BCUT2D eigenvalue weighted by molar-refractivity contribution is 6.30. The number of hydrogen-bond donors (Lipinski definition) is 1. The van der Waals surface area contributed by atoms with Crippen molar-refractivity contribution in [3.8, 4) is 0 Å². The van der Waals surface area contributed by atoms with E-state index in [4.69, 9.17) is 11.6 Å². The van der Waals surface area contributed by atoms with E-state index in [1.54, 1.807) is 12.1 Å². The summed E-state index contributed by atoms with van der Waals surface area (Å²) in [6.45, 7) is 6.86. The van der Waals surface area contributed by atoms with Crippen molar-refractivity contribution in [2.45, 2.75) is 46.1 Å². The van der Waals surface area contributed by atoms with Crippen LogP contribution in [0.4, 0.5) is 10.1 Å². The second-order valence-corrected chi connectivity index (χ2v) is 6.70. The van der Waals surface area contributed by atoms with Crippen molar-refractivity contribution in [1.29, 1.82) is 0 Å². The van der Waals surface area contributed by atoms with Gasteiger partial charge in [-0.1, -0.05) is 32.4 Å². The van der Waals surface area contributed by atoms with Crippen molar-refractivity contribution in [2.24, 2.45) is 11.3 Å². The second kappa shape index (κ2) is 5.08. The highest BCUT2D eigenvalue weighted by Crippen LogP contribution is 2.39. The molecule has 2 unspecified atom stereocenters. The Kier molecular flexibility index (Phi) is 3.86. The van der Waals surface area contributed by atoms with Crippen molar-refractivity contribution in [2.75, 3.05) is 5.32 Å². The fourth-order valence-corrected chi connectivity index (χ4v) is 3.13. The Hall–Kier alpha value is -0.760. The van der Waals surface area contributed by atoms with Crippen molar-refractivity contribution >= 4 is 17.3 Å². The van der Waals surface area contributed by atoms with E-state index in [1.807, 2.05) is 0 Å². The molecule has 1 N–H and O–H groups in total. The first kappa shape index (κ1) is 13.7. The summed E-state index contributed by atoms with van der Waals surface area (Å²) in [6.07, 6.45) is 3.46. The number of benzene rings is 1. The normalized spacial score (nSPS) is 26.9. The average molecular weight is 270 g/mol. The molecule has 1 aliphatic rings. The molecular formula is C15H21ClFN. The molecule has 0 saturated heterocycles. The van der Waals surface area contributed by atoms with Gasteiger partial charge in [0.15, 0.2) is 0 Å². The third-order valence-electron chi connectivity index (χ3n) is 3.97. The molecule has 0 heterocycles. The Bertz CT molecular complexity index is 431. The fraction of sp³-hybridized carbons (Fsp3) is 0.600. The van der Waals surface area contributed by atoms with Gasteiger partial charge in [-0.25, -0.2) is 4.39 Å². The summed E-state index contributed by atoms with van der Waals surface area (Å²) in [5, 5.41) is 3.77. The van der Waals surface area contributed by atoms with Crippen molar-refractivity contribution in [1.82, 2.24) is 0 Å². The molecule has 1 fully saturated rings. The molecule has 1 saturated carbocycles. The monoisotopic (exact) mass is 269 g/mol. The predicted molar refractivity (Wildman–Crippen MR) is 75.6 cm³/mol. The maximum atomic E-state index is 13.7. The summed E-state index contributed by atoms with van der Waals surface area (Å²) in [4.78, 5) is 0. The van der Waals surface area contributed by atoms with Crippen LogP contribution < -0.4 is 5.32 Å². The zero-order valence-corrected chi connectivity index (χ0v) is 12.0. The number of anilines is 1. The Balaban J connectivity index is 2.06. The highest BCUT2D eigenvalue weighted by Gasteiger charge is 2.32. The topological polar surface area (TPSA) is 12.0 Å². The zero-order chi connectivity index (χ0) is 13.3. The van der Waals surface area contributed by atoms with Crippen LogP contribution >= 0.6 is 11.6 Å². The quantitative estimate of drug-likeness (QED) is 0.787. The van der Waals surface area contributed by atoms with Gasteiger partial charge in [-0.15, -0.1) is 0 Å². The lowest BCUT2D eigenvalue weighted by Gasteiger charge is -2.40. The minimum Gasteiger partial charge on any atom is -0.380 e. The van der Waals surface area contributed by atoms with Gasteiger partial charge >= 0.3 is 0 Å². The molecular weight excluding hydrogens is 249 g/mol. The Labute approximate surface area is 114 Å². The molecule has 2 rings (SSSR count). The Morgan fingerprint density at radius 1 is 1.39 bits per heavy atom. The van der Waals surface area contributed by atoms with Gasteiger partial charge < -0.3 is 5.32 Å². The van der Waals surface area contributed by atoms with E-state index in [2.05, 4.69) is 26.1 Å². The molecule has 3 heteroatoms. The van der Waals surface area contributed by atoms with E-state index in [-0.39, 0.29) is 5.82 Å². The van der Waals surface area contributed by atoms with Crippen molar-refractivity contribution in [3.05, 3.63) is 29.0 Å². The van der Waals surface area contributed by atoms with Crippen LogP contribution in [0.15, 0.2) is 18.2 Å². The molecule has 0 aliphatic heterocycles. The SMILES string of the molecule is CC1CC(C)(C)CCC1Nc1ccc(Cl)cc1F. The first-order valence-electron chi connectivity index (χ1n) is 6.59. The summed E-state index contributed by atoms with van der Waals surface area (Å²) < 4.78 is 13.7.